The van der Waals surface area contributed by atoms with Gasteiger partial charge in [-0.3, -0.25) is 0 Å². The van der Waals surface area contributed by atoms with E-state index >= 15 is 0 Å². The van der Waals surface area contributed by atoms with Crippen molar-refractivity contribution in [3.8, 4) is 0 Å². The van der Waals surface area contributed by atoms with Crippen LogP contribution in [0.3, 0.4) is 0 Å². The van der Waals surface area contributed by atoms with E-state index in [4.69, 9.17) is 14.2 Å². The third-order valence-electron chi connectivity index (χ3n) is 1.69. The quantitative estimate of drug-likeness (QED) is 0.560. The van der Waals surface area contributed by atoms with Crippen molar-refractivity contribution >= 4 is 0 Å². The van der Waals surface area contributed by atoms with Crippen LogP contribution in [0.25, 0.3) is 0 Å². The molecular weight excluding hydrogens is 156 g/mol. The molecule has 0 unspecified atom stereocenters. The second-order valence-electron chi connectivity index (χ2n) is 2.64. The molecule has 0 fully saturated rings. The number of hydrogen-bond donors (Lipinski definition) is 0. The Morgan fingerprint density at radius 3 is 1.83 bits per heavy atom. The van der Waals surface area contributed by atoms with Gasteiger partial charge in [-0.2, -0.15) is 0 Å². The molecule has 0 aliphatic rings. The molecule has 3 heteroatoms. The van der Waals surface area contributed by atoms with Crippen LogP contribution >= 0.6 is 0 Å². The van der Waals surface area contributed by atoms with Gasteiger partial charge in [0.2, 0.25) is 0 Å². The van der Waals surface area contributed by atoms with Crippen LogP contribution < -0.4 is 0 Å². The highest BCUT2D eigenvalue weighted by molar-refractivity contribution is 4.56. The molecule has 74 valence electrons. The Balaban J connectivity index is 3.40. The minimum absolute atomic E-state index is 0.287. The van der Waals surface area contributed by atoms with Gasteiger partial charge in [-0.1, -0.05) is 0 Å². The van der Waals surface area contributed by atoms with Gasteiger partial charge in [0, 0.05) is 34.0 Å². The van der Waals surface area contributed by atoms with Crippen molar-refractivity contribution in [2.75, 3.05) is 34.0 Å². The summed E-state index contributed by atoms with van der Waals surface area (Å²) < 4.78 is 15.4. The molecule has 0 radical (unpaired) electrons. The zero-order valence-electron chi connectivity index (χ0n) is 8.34. The summed E-state index contributed by atoms with van der Waals surface area (Å²) in [6.07, 6.45) is 2.19. The minimum atomic E-state index is 0.287. The van der Waals surface area contributed by atoms with Gasteiger partial charge in [-0.25, -0.2) is 0 Å². The molecule has 0 rings (SSSR count). The Morgan fingerprint density at radius 2 is 1.50 bits per heavy atom. The maximum atomic E-state index is 5.49. The molecule has 0 N–H and O–H groups in total. The van der Waals surface area contributed by atoms with E-state index in [1.807, 2.05) is 6.92 Å². The summed E-state index contributed by atoms with van der Waals surface area (Å²) in [7, 11) is 3.42. The summed E-state index contributed by atoms with van der Waals surface area (Å²) in [4.78, 5) is 0. The molecule has 0 aliphatic carbocycles. The molecule has 0 spiro atoms. The highest BCUT2D eigenvalue weighted by Gasteiger charge is 2.06. The molecule has 0 aliphatic heterocycles. The fourth-order valence-electron chi connectivity index (χ4n) is 1.05. The van der Waals surface area contributed by atoms with Crippen molar-refractivity contribution in [3.63, 3.8) is 0 Å². The monoisotopic (exact) mass is 176 g/mol. The largest absolute Gasteiger partial charge is 0.385 e. The number of rotatable bonds is 8. The lowest BCUT2D eigenvalue weighted by molar-refractivity contribution is 0.0164. The Morgan fingerprint density at radius 1 is 1.00 bits per heavy atom. The summed E-state index contributed by atoms with van der Waals surface area (Å²) in [5.74, 6) is 0. The molecule has 0 saturated heterocycles. The van der Waals surface area contributed by atoms with Gasteiger partial charge in [-0.15, -0.1) is 0 Å². The average Bonchev–Trinajstić information content (AvgIpc) is 2.10. The topological polar surface area (TPSA) is 27.7 Å². The van der Waals surface area contributed by atoms with Crippen molar-refractivity contribution in [2.24, 2.45) is 0 Å². The Labute approximate surface area is 75.0 Å². The lowest BCUT2D eigenvalue weighted by atomic mass is 10.2. The molecule has 3 nitrogen and oxygen atoms in total. The van der Waals surface area contributed by atoms with Gasteiger partial charge in [0.15, 0.2) is 0 Å². The third kappa shape index (κ3) is 6.58. The van der Waals surface area contributed by atoms with Crippen molar-refractivity contribution in [2.45, 2.75) is 25.9 Å². The summed E-state index contributed by atoms with van der Waals surface area (Å²) >= 11 is 0. The van der Waals surface area contributed by atoms with Crippen molar-refractivity contribution in [3.05, 3.63) is 0 Å². The van der Waals surface area contributed by atoms with Gasteiger partial charge >= 0.3 is 0 Å². The fourth-order valence-corrected chi connectivity index (χ4v) is 1.05. The van der Waals surface area contributed by atoms with E-state index in [1.54, 1.807) is 14.2 Å². The molecule has 0 atom stereocenters. The normalized spacial score (nSPS) is 11.0. The fraction of sp³-hybridized carbons (Fsp3) is 1.00. The van der Waals surface area contributed by atoms with Crippen LogP contribution in [0, 0.1) is 0 Å². The third-order valence-corrected chi connectivity index (χ3v) is 1.69. The van der Waals surface area contributed by atoms with Gasteiger partial charge in [0.25, 0.3) is 0 Å². The Hall–Kier alpha value is -0.120. The van der Waals surface area contributed by atoms with Gasteiger partial charge < -0.3 is 14.2 Å². The molecule has 0 heterocycles. The predicted molar refractivity (Wildman–Crippen MR) is 48.4 cm³/mol. The first-order valence-electron chi connectivity index (χ1n) is 4.44. The van der Waals surface area contributed by atoms with E-state index < -0.39 is 0 Å². The van der Waals surface area contributed by atoms with E-state index in [0.717, 1.165) is 32.7 Å². The van der Waals surface area contributed by atoms with Crippen LogP contribution in [0.2, 0.25) is 0 Å². The van der Waals surface area contributed by atoms with Crippen molar-refractivity contribution in [1.29, 1.82) is 0 Å². The molecule has 12 heavy (non-hydrogen) atoms. The summed E-state index contributed by atoms with van der Waals surface area (Å²) in [5, 5.41) is 0. The van der Waals surface area contributed by atoms with Crippen LogP contribution in [-0.4, -0.2) is 40.1 Å². The standard InChI is InChI=1S/C9H20O3/c1-4-12-9(5-7-10-2)6-8-11-3/h9H,4-8H2,1-3H3. The van der Waals surface area contributed by atoms with Gasteiger partial charge in [-0.05, 0) is 19.8 Å². The Kier molecular flexibility index (Phi) is 8.88. The maximum Gasteiger partial charge on any atom is 0.0618 e. The van der Waals surface area contributed by atoms with Crippen molar-refractivity contribution in [1.82, 2.24) is 0 Å². The summed E-state index contributed by atoms with van der Waals surface area (Å²) in [6, 6.07) is 0. The van der Waals surface area contributed by atoms with E-state index in [0.29, 0.717) is 0 Å². The van der Waals surface area contributed by atoms with E-state index in [9.17, 15) is 0 Å². The first-order valence-corrected chi connectivity index (χ1v) is 4.44. The SMILES string of the molecule is CCOC(CCOC)CCOC. The molecule has 0 amide bonds. The molecule has 0 saturated carbocycles. The molecule has 0 aromatic rings. The minimum Gasteiger partial charge on any atom is -0.385 e. The van der Waals surface area contributed by atoms with Gasteiger partial charge in [0.1, 0.15) is 0 Å². The second kappa shape index (κ2) is 8.97. The van der Waals surface area contributed by atoms with Crippen LogP contribution in [0.5, 0.6) is 0 Å². The van der Waals surface area contributed by atoms with Crippen molar-refractivity contribution < 1.29 is 14.2 Å². The highest BCUT2D eigenvalue weighted by atomic mass is 16.5. The molecule has 0 bridgehead atoms. The van der Waals surface area contributed by atoms with E-state index in [1.165, 1.54) is 0 Å². The highest BCUT2D eigenvalue weighted by Crippen LogP contribution is 2.04. The smallest absolute Gasteiger partial charge is 0.0618 e. The molecular formula is C9H20O3. The van der Waals surface area contributed by atoms with Gasteiger partial charge in [0.05, 0.1) is 6.10 Å². The van der Waals surface area contributed by atoms with Crippen LogP contribution in [0.4, 0.5) is 0 Å². The first-order chi connectivity index (χ1) is 5.85. The lowest BCUT2D eigenvalue weighted by Gasteiger charge is -2.15. The Bertz CT molecular complexity index is 77.8. The van der Waals surface area contributed by atoms with Crippen LogP contribution in [0.1, 0.15) is 19.8 Å². The van der Waals surface area contributed by atoms with Crippen LogP contribution in [0.15, 0.2) is 0 Å². The maximum absolute atomic E-state index is 5.49. The average molecular weight is 176 g/mol. The molecule has 0 aromatic heterocycles. The number of methoxy groups -OCH3 is 2. The summed E-state index contributed by atoms with van der Waals surface area (Å²) in [5.41, 5.74) is 0. The second-order valence-corrected chi connectivity index (χ2v) is 2.64. The lowest BCUT2D eigenvalue weighted by Crippen LogP contribution is -2.17. The van der Waals surface area contributed by atoms with E-state index in [2.05, 4.69) is 0 Å². The number of hydrogen-bond acceptors (Lipinski definition) is 3. The first kappa shape index (κ1) is 11.9. The summed E-state index contributed by atoms with van der Waals surface area (Å²) in [6.45, 7) is 4.29. The zero-order valence-corrected chi connectivity index (χ0v) is 8.34. The predicted octanol–water partition coefficient (Wildman–Crippen LogP) is 1.46. The van der Waals surface area contributed by atoms with Crippen LogP contribution in [-0.2, 0) is 14.2 Å². The van der Waals surface area contributed by atoms with E-state index in [-0.39, 0.29) is 6.10 Å². The zero-order chi connectivity index (χ0) is 9.23. The number of ether oxygens (including phenoxy) is 3. The molecule has 0 aromatic carbocycles.